The molecule has 0 unspecified atom stereocenters. The maximum absolute atomic E-state index is 10.3. The molecular formula is C18H16N4O. The number of imidazole rings is 1. The molecule has 5 nitrogen and oxygen atoms in total. The van der Waals surface area contributed by atoms with E-state index in [9.17, 15) is 5.11 Å². The Labute approximate surface area is 133 Å². The average molecular weight is 304 g/mol. The lowest BCUT2D eigenvalue weighted by atomic mass is 10.2. The van der Waals surface area contributed by atoms with Crippen LogP contribution in [0.4, 0.5) is 0 Å². The first-order chi connectivity index (χ1) is 11.2. The second kappa shape index (κ2) is 5.28. The first-order valence-corrected chi connectivity index (χ1v) is 7.47. The van der Waals surface area contributed by atoms with Gasteiger partial charge >= 0.3 is 0 Å². The number of benzene rings is 2. The summed E-state index contributed by atoms with van der Waals surface area (Å²) in [6, 6.07) is 17.6. The number of amidine groups is 1. The molecule has 0 atom stereocenters. The van der Waals surface area contributed by atoms with E-state index in [1.807, 2.05) is 59.5 Å². The summed E-state index contributed by atoms with van der Waals surface area (Å²) in [5, 5.41) is 18.7. The Morgan fingerprint density at radius 1 is 1.09 bits per heavy atom. The van der Waals surface area contributed by atoms with Crippen molar-refractivity contribution in [3.05, 3.63) is 71.7 Å². The first kappa shape index (κ1) is 13.6. The average Bonchev–Trinajstić information content (AvgIpc) is 3.09. The predicted molar refractivity (Wildman–Crippen MR) is 90.2 cm³/mol. The molecule has 0 bridgehead atoms. The Morgan fingerprint density at radius 3 is 2.61 bits per heavy atom. The smallest absolute Gasteiger partial charge is 0.145 e. The molecule has 3 aromatic rings. The fourth-order valence-corrected chi connectivity index (χ4v) is 2.89. The molecule has 0 aliphatic carbocycles. The van der Waals surface area contributed by atoms with E-state index in [0.717, 1.165) is 16.6 Å². The van der Waals surface area contributed by atoms with Gasteiger partial charge in [-0.25, -0.2) is 4.98 Å². The van der Waals surface area contributed by atoms with Gasteiger partial charge in [0.05, 0.1) is 23.2 Å². The molecule has 4 rings (SSSR count). The third-order valence-electron chi connectivity index (χ3n) is 4.02. The van der Waals surface area contributed by atoms with Crippen molar-refractivity contribution < 1.29 is 5.11 Å². The first-order valence-electron chi connectivity index (χ1n) is 7.47. The molecule has 0 amide bonds. The number of hydrogen-bond acceptors (Lipinski definition) is 3. The Kier molecular flexibility index (Phi) is 3.12. The van der Waals surface area contributed by atoms with E-state index in [1.165, 1.54) is 0 Å². The molecule has 0 fully saturated rings. The standard InChI is InChI=1S/C18H16N4O/c19-17-16(18-20-13-8-4-5-9-14(13)21-18)15(23)11-22(17)10-12-6-2-1-3-7-12/h1-9,19,23H,10-11H2,(H,20,21). The lowest BCUT2D eigenvalue weighted by molar-refractivity contribution is 0.347. The minimum absolute atomic E-state index is 0.185. The number of rotatable bonds is 3. The minimum Gasteiger partial charge on any atom is -0.510 e. The summed E-state index contributed by atoms with van der Waals surface area (Å²) >= 11 is 0. The van der Waals surface area contributed by atoms with Gasteiger partial charge in [-0.3, -0.25) is 5.41 Å². The fraction of sp³-hybridized carbons (Fsp3) is 0.111. The number of aliphatic hydroxyl groups is 1. The van der Waals surface area contributed by atoms with Crippen molar-refractivity contribution in [2.24, 2.45) is 0 Å². The number of hydrogen-bond donors (Lipinski definition) is 3. The zero-order chi connectivity index (χ0) is 15.8. The molecular weight excluding hydrogens is 288 g/mol. The Balaban J connectivity index is 1.64. The van der Waals surface area contributed by atoms with Crippen LogP contribution >= 0.6 is 0 Å². The van der Waals surface area contributed by atoms with Crippen molar-refractivity contribution in [2.45, 2.75) is 6.54 Å². The number of aromatic nitrogens is 2. The lowest BCUT2D eigenvalue weighted by Gasteiger charge is -2.18. The van der Waals surface area contributed by atoms with Crippen LogP contribution in [0.5, 0.6) is 0 Å². The largest absolute Gasteiger partial charge is 0.510 e. The summed E-state index contributed by atoms with van der Waals surface area (Å²) < 4.78 is 0. The molecule has 5 heteroatoms. The summed E-state index contributed by atoms with van der Waals surface area (Å²) in [6.07, 6.45) is 0. The number of para-hydroxylation sites is 2. The van der Waals surface area contributed by atoms with Gasteiger partial charge < -0.3 is 15.0 Å². The van der Waals surface area contributed by atoms with Gasteiger partial charge in [0.1, 0.15) is 17.4 Å². The molecule has 0 saturated carbocycles. The summed E-state index contributed by atoms with van der Waals surface area (Å²) in [7, 11) is 0. The molecule has 1 aromatic heterocycles. The van der Waals surface area contributed by atoms with E-state index >= 15 is 0 Å². The van der Waals surface area contributed by atoms with Crippen molar-refractivity contribution in [3.8, 4) is 0 Å². The van der Waals surface area contributed by atoms with Crippen LogP contribution in [0.3, 0.4) is 0 Å². The minimum atomic E-state index is 0.185. The summed E-state index contributed by atoms with van der Waals surface area (Å²) in [6.45, 7) is 0.924. The number of aliphatic hydroxyl groups excluding tert-OH is 1. The van der Waals surface area contributed by atoms with E-state index in [2.05, 4.69) is 9.97 Å². The van der Waals surface area contributed by atoms with Crippen molar-refractivity contribution in [2.75, 3.05) is 6.54 Å². The quantitative estimate of drug-likeness (QED) is 0.694. The normalized spacial score (nSPS) is 15.0. The molecule has 3 N–H and O–H groups in total. The van der Waals surface area contributed by atoms with Gasteiger partial charge in [-0.1, -0.05) is 42.5 Å². The van der Waals surface area contributed by atoms with Crippen LogP contribution in [-0.4, -0.2) is 32.4 Å². The molecule has 1 aliphatic rings. The molecule has 23 heavy (non-hydrogen) atoms. The van der Waals surface area contributed by atoms with E-state index in [4.69, 9.17) is 5.41 Å². The third kappa shape index (κ3) is 2.36. The molecule has 0 radical (unpaired) electrons. The van der Waals surface area contributed by atoms with Crippen molar-refractivity contribution >= 4 is 22.4 Å². The molecule has 114 valence electrons. The molecule has 0 saturated heterocycles. The van der Waals surface area contributed by atoms with Gasteiger partial charge in [0.2, 0.25) is 0 Å². The number of nitrogens with zero attached hydrogens (tertiary/aromatic N) is 2. The third-order valence-corrected chi connectivity index (χ3v) is 4.02. The second-order valence-electron chi connectivity index (χ2n) is 5.61. The van der Waals surface area contributed by atoms with Crippen LogP contribution in [0.2, 0.25) is 0 Å². The van der Waals surface area contributed by atoms with Gasteiger partial charge in [0.15, 0.2) is 0 Å². The highest BCUT2D eigenvalue weighted by Gasteiger charge is 2.30. The molecule has 2 heterocycles. The van der Waals surface area contributed by atoms with E-state index in [1.54, 1.807) is 0 Å². The Hall–Kier alpha value is -3.08. The summed E-state index contributed by atoms with van der Waals surface area (Å²) in [5.41, 5.74) is 3.32. The zero-order valence-electron chi connectivity index (χ0n) is 12.5. The van der Waals surface area contributed by atoms with E-state index < -0.39 is 0 Å². The van der Waals surface area contributed by atoms with Crippen molar-refractivity contribution in [1.82, 2.24) is 14.9 Å². The summed E-state index contributed by atoms with van der Waals surface area (Å²) in [4.78, 5) is 9.52. The Morgan fingerprint density at radius 2 is 1.83 bits per heavy atom. The van der Waals surface area contributed by atoms with Gasteiger partial charge in [-0.05, 0) is 17.7 Å². The highest BCUT2D eigenvalue weighted by molar-refractivity contribution is 6.23. The SMILES string of the molecule is N=C1C(c2nc3ccccc3[nH]2)=C(O)CN1Cc1ccccc1. The van der Waals surface area contributed by atoms with Gasteiger partial charge in [0.25, 0.3) is 0 Å². The van der Waals surface area contributed by atoms with E-state index in [-0.39, 0.29) is 5.76 Å². The predicted octanol–water partition coefficient (Wildman–Crippen LogP) is 3.33. The van der Waals surface area contributed by atoms with Gasteiger partial charge in [-0.15, -0.1) is 0 Å². The number of fused-ring (bicyclic) bond motifs is 1. The number of H-pyrrole nitrogens is 1. The van der Waals surface area contributed by atoms with Crippen molar-refractivity contribution in [3.63, 3.8) is 0 Å². The van der Waals surface area contributed by atoms with E-state index in [0.29, 0.717) is 30.3 Å². The van der Waals surface area contributed by atoms with Gasteiger partial charge in [-0.2, -0.15) is 0 Å². The maximum Gasteiger partial charge on any atom is 0.145 e. The van der Waals surface area contributed by atoms with Gasteiger partial charge in [0, 0.05) is 6.54 Å². The van der Waals surface area contributed by atoms with Crippen LogP contribution in [0.15, 0.2) is 60.4 Å². The lowest BCUT2D eigenvalue weighted by Crippen LogP contribution is -2.26. The van der Waals surface area contributed by atoms with Crippen LogP contribution in [0.25, 0.3) is 16.6 Å². The van der Waals surface area contributed by atoms with Crippen LogP contribution < -0.4 is 0 Å². The highest BCUT2D eigenvalue weighted by Crippen LogP contribution is 2.28. The molecule has 2 aromatic carbocycles. The topological polar surface area (TPSA) is 76.0 Å². The monoisotopic (exact) mass is 304 g/mol. The summed E-state index contributed by atoms with van der Waals surface area (Å²) in [5.74, 6) is 1.03. The highest BCUT2D eigenvalue weighted by atomic mass is 16.3. The molecule has 0 spiro atoms. The second-order valence-corrected chi connectivity index (χ2v) is 5.61. The number of aromatic amines is 1. The van der Waals surface area contributed by atoms with Crippen LogP contribution in [0.1, 0.15) is 11.4 Å². The Bertz CT molecular complexity index is 878. The number of nitrogens with one attached hydrogen (secondary N) is 2. The van der Waals surface area contributed by atoms with Crippen molar-refractivity contribution in [1.29, 1.82) is 5.41 Å². The maximum atomic E-state index is 10.3. The zero-order valence-corrected chi connectivity index (χ0v) is 12.5. The molecule has 1 aliphatic heterocycles. The fourth-order valence-electron chi connectivity index (χ4n) is 2.89. The van der Waals surface area contributed by atoms with Crippen LogP contribution in [0, 0.1) is 5.41 Å². The van der Waals surface area contributed by atoms with Crippen LogP contribution in [-0.2, 0) is 6.54 Å².